The summed E-state index contributed by atoms with van der Waals surface area (Å²) in [5.41, 5.74) is 3.73. The highest BCUT2D eigenvalue weighted by Crippen LogP contribution is 2.51. The third-order valence-electron chi connectivity index (χ3n) is 7.13. The van der Waals surface area contributed by atoms with Crippen molar-refractivity contribution >= 4 is 15.7 Å². The fourth-order valence-corrected chi connectivity index (χ4v) is 7.07. The molecule has 3 aromatic carbocycles. The van der Waals surface area contributed by atoms with Gasteiger partial charge >= 0.3 is 0 Å². The van der Waals surface area contributed by atoms with Gasteiger partial charge in [0.25, 0.3) is 0 Å². The summed E-state index contributed by atoms with van der Waals surface area (Å²) >= 11 is 0. The van der Waals surface area contributed by atoms with Crippen molar-refractivity contribution in [2.24, 2.45) is 5.92 Å². The molecule has 2 aliphatic rings. The average molecular weight is 483 g/mol. The van der Waals surface area contributed by atoms with E-state index in [1.54, 1.807) is 7.11 Å². The number of rotatable bonds is 5. The predicted molar refractivity (Wildman–Crippen MR) is 129 cm³/mol. The van der Waals surface area contributed by atoms with Gasteiger partial charge in [0.05, 0.1) is 30.7 Å². The monoisotopic (exact) mass is 482 g/mol. The Labute approximate surface area is 199 Å². The summed E-state index contributed by atoms with van der Waals surface area (Å²) in [7, 11) is -0.294. The van der Waals surface area contributed by atoms with E-state index in [0.717, 1.165) is 28.1 Å². The number of hydrogen-bond donors (Lipinski definition) is 1. The zero-order valence-corrected chi connectivity index (χ0v) is 19.9. The summed E-state index contributed by atoms with van der Waals surface area (Å²) < 4.78 is 47.6. The SMILES string of the molecule is COc1cccc(-c2ccc3c(c2)[C@@H]2[C@@H](CCN2S(=O)(=O)c2ccc(F)cc2)[C@@H](CO)N3C)c1. The minimum Gasteiger partial charge on any atom is -0.497 e. The minimum absolute atomic E-state index is 0.0690. The average Bonchev–Trinajstić information content (AvgIpc) is 3.30. The number of nitrogens with zero attached hydrogens (tertiary/aromatic N) is 2. The number of hydrogen-bond acceptors (Lipinski definition) is 5. The molecule has 3 aromatic rings. The van der Waals surface area contributed by atoms with Crippen LogP contribution in [0.25, 0.3) is 11.1 Å². The van der Waals surface area contributed by atoms with Crippen LogP contribution in [0, 0.1) is 11.7 Å². The Morgan fingerprint density at radius 3 is 2.50 bits per heavy atom. The second kappa shape index (κ2) is 8.69. The molecule has 0 saturated carbocycles. The number of fused-ring (bicyclic) bond motifs is 3. The normalized spacial score (nSPS) is 22.4. The number of benzene rings is 3. The van der Waals surface area contributed by atoms with Gasteiger partial charge in [0.15, 0.2) is 0 Å². The lowest BCUT2D eigenvalue weighted by molar-refractivity contribution is 0.193. The standard InChI is InChI=1S/C26H27FN2O4S/c1-28-24-11-6-18(17-4-3-5-20(14-17)33-2)15-23(24)26-22(25(28)16-30)12-13-29(26)34(31,32)21-9-7-19(27)8-10-21/h3-11,14-15,22,25-26,30H,12-13,16H2,1-2H3/t22-,25+,26-/m0/s1. The van der Waals surface area contributed by atoms with Gasteiger partial charge in [-0.1, -0.05) is 18.2 Å². The van der Waals surface area contributed by atoms with Crippen molar-refractivity contribution < 1.29 is 22.7 Å². The number of methoxy groups -OCH3 is 1. The maximum atomic E-state index is 13.6. The molecule has 1 saturated heterocycles. The summed E-state index contributed by atoms with van der Waals surface area (Å²) in [5, 5.41) is 10.2. The highest BCUT2D eigenvalue weighted by Gasteiger charge is 2.50. The lowest BCUT2D eigenvalue weighted by Gasteiger charge is -2.44. The largest absolute Gasteiger partial charge is 0.497 e. The molecular weight excluding hydrogens is 455 g/mol. The summed E-state index contributed by atoms with van der Waals surface area (Å²) in [6.07, 6.45) is 0.628. The Balaban J connectivity index is 1.63. The highest BCUT2D eigenvalue weighted by atomic mass is 32.2. The smallest absolute Gasteiger partial charge is 0.243 e. The molecule has 2 heterocycles. The van der Waals surface area contributed by atoms with E-state index in [-0.39, 0.29) is 23.5 Å². The maximum Gasteiger partial charge on any atom is 0.243 e. The molecule has 0 spiro atoms. The summed E-state index contributed by atoms with van der Waals surface area (Å²) in [5.74, 6) is 0.191. The van der Waals surface area contributed by atoms with E-state index in [0.29, 0.717) is 13.0 Å². The predicted octanol–water partition coefficient (Wildman–Crippen LogP) is 4.06. The van der Waals surface area contributed by atoms with E-state index in [9.17, 15) is 17.9 Å². The zero-order chi connectivity index (χ0) is 24.0. The molecule has 6 nitrogen and oxygen atoms in total. The Hall–Kier alpha value is -2.94. The Morgan fingerprint density at radius 2 is 1.79 bits per heavy atom. The van der Waals surface area contributed by atoms with Crippen molar-refractivity contribution in [3.8, 4) is 16.9 Å². The maximum absolute atomic E-state index is 13.6. The van der Waals surface area contributed by atoms with Crippen LogP contribution >= 0.6 is 0 Å². The molecule has 34 heavy (non-hydrogen) atoms. The highest BCUT2D eigenvalue weighted by molar-refractivity contribution is 7.89. The van der Waals surface area contributed by atoms with Gasteiger partial charge in [-0.05, 0) is 71.6 Å². The molecule has 8 heteroatoms. The number of likely N-dealkylation sites (N-methyl/N-ethyl adjacent to an activating group) is 1. The minimum atomic E-state index is -3.86. The molecule has 5 rings (SSSR count). The van der Waals surface area contributed by atoms with Crippen LogP contribution in [0.2, 0.25) is 0 Å². The molecule has 0 unspecified atom stereocenters. The molecule has 0 bridgehead atoms. The van der Waals surface area contributed by atoms with Crippen LogP contribution in [0.5, 0.6) is 5.75 Å². The van der Waals surface area contributed by atoms with E-state index >= 15 is 0 Å². The van der Waals surface area contributed by atoms with Gasteiger partial charge in [0, 0.05) is 25.2 Å². The van der Waals surface area contributed by atoms with Crippen molar-refractivity contribution in [3.63, 3.8) is 0 Å². The first-order valence-corrected chi connectivity index (χ1v) is 12.7. The van der Waals surface area contributed by atoms with Crippen LogP contribution in [0.1, 0.15) is 18.0 Å². The van der Waals surface area contributed by atoms with E-state index in [1.165, 1.54) is 28.6 Å². The number of anilines is 1. The second-order valence-electron chi connectivity index (χ2n) is 8.83. The zero-order valence-electron chi connectivity index (χ0n) is 19.1. The van der Waals surface area contributed by atoms with Crippen LogP contribution in [0.15, 0.2) is 71.6 Å². The summed E-state index contributed by atoms with van der Waals surface area (Å²) in [6, 6.07) is 18.1. The molecule has 1 fully saturated rings. The number of sulfonamides is 1. The van der Waals surface area contributed by atoms with Crippen LogP contribution < -0.4 is 9.64 Å². The van der Waals surface area contributed by atoms with E-state index in [4.69, 9.17) is 4.74 Å². The van der Waals surface area contributed by atoms with Crippen molar-refractivity contribution in [3.05, 3.63) is 78.1 Å². The van der Waals surface area contributed by atoms with Crippen LogP contribution in [-0.4, -0.2) is 51.2 Å². The Bertz CT molecular complexity index is 1310. The molecule has 0 aliphatic carbocycles. The number of aliphatic hydroxyl groups is 1. The third kappa shape index (κ3) is 3.66. The molecular formula is C26H27FN2O4S. The molecule has 3 atom stereocenters. The fourth-order valence-electron chi connectivity index (χ4n) is 5.41. The third-order valence-corrected chi connectivity index (χ3v) is 9.02. The fraction of sp³-hybridized carbons (Fsp3) is 0.308. The van der Waals surface area contributed by atoms with E-state index in [2.05, 4.69) is 4.90 Å². The molecule has 0 amide bonds. The molecule has 0 aromatic heterocycles. The molecule has 1 N–H and O–H groups in total. The van der Waals surface area contributed by atoms with Crippen molar-refractivity contribution in [1.82, 2.24) is 4.31 Å². The summed E-state index contributed by atoms with van der Waals surface area (Å²) in [6.45, 7) is 0.265. The van der Waals surface area contributed by atoms with Crippen LogP contribution in [-0.2, 0) is 10.0 Å². The van der Waals surface area contributed by atoms with Crippen LogP contribution in [0.4, 0.5) is 10.1 Å². The van der Waals surface area contributed by atoms with E-state index in [1.807, 2.05) is 49.5 Å². The number of ether oxygens (including phenoxy) is 1. The van der Waals surface area contributed by atoms with Gasteiger partial charge in [0.2, 0.25) is 10.0 Å². The van der Waals surface area contributed by atoms with Crippen molar-refractivity contribution in [2.75, 3.05) is 32.2 Å². The first-order valence-electron chi connectivity index (χ1n) is 11.2. The van der Waals surface area contributed by atoms with Gasteiger partial charge in [-0.15, -0.1) is 0 Å². The van der Waals surface area contributed by atoms with Crippen LogP contribution in [0.3, 0.4) is 0 Å². The lowest BCUT2D eigenvalue weighted by Crippen LogP contribution is -2.48. The first-order chi connectivity index (χ1) is 16.3. The van der Waals surface area contributed by atoms with Crippen molar-refractivity contribution in [1.29, 1.82) is 0 Å². The van der Waals surface area contributed by atoms with E-state index < -0.39 is 21.9 Å². The quantitative estimate of drug-likeness (QED) is 0.594. The first kappa shape index (κ1) is 22.8. The van der Waals surface area contributed by atoms with Crippen molar-refractivity contribution in [2.45, 2.75) is 23.4 Å². The van der Waals surface area contributed by atoms with Gasteiger partial charge in [-0.3, -0.25) is 0 Å². The Morgan fingerprint density at radius 1 is 1.06 bits per heavy atom. The Kier molecular flexibility index (Phi) is 5.83. The number of aliphatic hydroxyl groups excluding tert-OH is 1. The van der Waals surface area contributed by atoms with Gasteiger partial charge in [0.1, 0.15) is 11.6 Å². The number of halogens is 1. The molecule has 0 radical (unpaired) electrons. The topological polar surface area (TPSA) is 70.1 Å². The second-order valence-corrected chi connectivity index (χ2v) is 10.7. The van der Waals surface area contributed by atoms with Gasteiger partial charge in [-0.25, -0.2) is 12.8 Å². The molecule has 178 valence electrons. The van der Waals surface area contributed by atoms with Gasteiger partial charge in [-0.2, -0.15) is 4.31 Å². The molecule has 2 aliphatic heterocycles. The van der Waals surface area contributed by atoms with Gasteiger partial charge < -0.3 is 14.7 Å². The lowest BCUT2D eigenvalue weighted by atomic mass is 9.81. The summed E-state index contributed by atoms with van der Waals surface area (Å²) in [4.78, 5) is 2.12.